The van der Waals surface area contributed by atoms with Crippen LogP contribution in [0.4, 0.5) is 0 Å². The Kier molecular flexibility index (Phi) is 3.97. The minimum atomic E-state index is -0.872. The van der Waals surface area contributed by atoms with Crippen LogP contribution in [0.25, 0.3) is 0 Å². The van der Waals surface area contributed by atoms with Crippen molar-refractivity contribution in [2.45, 2.75) is 44.6 Å². The summed E-state index contributed by atoms with van der Waals surface area (Å²) < 4.78 is 0. The van der Waals surface area contributed by atoms with E-state index < -0.39 is 11.4 Å². The second-order valence-electron chi connectivity index (χ2n) is 6.73. The van der Waals surface area contributed by atoms with Crippen molar-refractivity contribution in [2.75, 3.05) is 20.1 Å². The van der Waals surface area contributed by atoms with Gasteiger partial charge in [0.25, 0.3) is 0 Å². The number of fused-ring (bicyclic) bond motifs is 2. The zero-order valence-electron chi connectivity index (χ0n) is 11.7. The maximum absolute atomic E-state index is 11.2. The van der Waals surface area contributed by atoms with Gasteiger partial charge in [-0.3, -0.25) is 4.79 Å². The topological polar surface area (TPSA) is 72.3 Å². The number of hydrogen-bond acceptors (Lipinski definition) is 3. The van der Waals surface area contributed by atoms with Gasteiger partial charge in [0, 0.05) is 13.1 Å². The third-order valence-electron chi connectivity index (χ3n) is 5.01. The molecule has 2 saturated carbocycles. The minimum Gasteiger partial charge on any atom is -0.368 e. The van der Waals surface area contributed by atoms with Crippen LogP contribution in [0.2, 0.25) is 0 Å². The van der Waals surface area contributed by atoms with E-state index in [2.05, 4.69) is 11.9 Å². The van der Waals surface area contributed by atoms with Gasteiger partial charge in [-0.15, -0.1) is 0 Å². The Hall–Kier alpha value is -0.610. The van der Waals surface area contributed by atoms with Crippen molar-refractivity contribution in [3.8, 4) is 0 Å². The van der Waals surface area contributed by atoms with Crippen molar-refractivity contribution in [1.29, 1.82) is 0 Å². The minimum absolute atomic E-state index is 0.407. The number of carbonyl (C=O) groups is 1. The van der Waals surface area contributed by atoms with Gasteiger partial charge in [-0.2, -0.15) is 0 Å². The molecule has 4 unspecified atom stereocenters. The van der Waals surface area contributed by atoms with Gasteiger partial charge in [-0.1, -0.05) is 6.42 Å². The van der Waals surface area contributed by atoms with E-state index in [4.69, 9.17) is 11.5 Å². The van der Waals surface area contributed by atoms with Crippen LogP contribution in [0.15, 0.2) is 0 Å². The Bertz CT molecular complexity index is 316. The monoisotopic (exact) mass is 253 g/mol. The zero-order valence-corrected chi connectivity index (χ0v) is 11.7. The molecule has 104 valence electrons. The van der Waals surface area contributed by atoms with Crippen LogP contribution in [-0.2, 0) is 4.79 Å². The van der Waals surface area contributed by atoms with Gasteiger partial charge in [0.15, 0.2) is 0 Å². The number of amides is 1. The summed E-state index contributed by atoms with van der Waals surface area (Å²) in [6.07, 6.45) is 6.38. The fraction of sp³-hybridized carbons (Fsp3) is 0.929. The normalized spacial score (nSPS) is 33.9. The van der Waals surface area contributed by atoms with E-state index in [1.54, 1.807) is 6.92 Å². The predicted octanol–water partition coefficient (Wildman–Crippen LogP) is 0.947. The first-order chi connectivity index (χ1) is 8.38. The van der Waals surface area contributed by atoms with Gasteiger partial charge in [0.2, 0.25) is 5.91 Å². The van der Waals surface area contributed by atoms with E-state index in [-0.39, 0.29) is 0 Å². The second kappa shape index (κ2) is 5.17. The molecule has 0 saturated heterocycles. The lowest BCUT2D eigenvalue weighted by molar-refractivity contribution is -0.122. The highest BCUT2D eigenvalue weighted by Gasteiger charge is 2.39. The number of nitrogens with two attached hydrogens (primary N) is 2. The van der Waals surface area contributed by atoms with Gasteiger partial charge in [0.05, 0.1) is 5.54 Å². The van der Waals surface area contributed by atoms with Gasteiger partial charge in [0.1, 0.15) is 0 Å². The average molecular weight is 253 g/mol. The van der Waals surface area contributed by atoms with Crippen molar-refractivity contribution in [3.63, 3.8) is 0 Å². The summed E-state index contributed by atoms with van der Waals surface area (Å²) in [7, 11) is 2.13. The molecule has 0 radical (unpaired) electrons. The zero-order chi connectivity index (χ0) is 13.3. The molecule has 4 N–H and O–H groups in total. The summed E-state index contributed by atoms with van der Waals surface area (Å²) in [5, 5.41) is 0. The first kappa shape index (κ1) is 13.8. The molecule has 0 aromatic rings. The number of hydrogen-bond donors (Lipinski definition) is 2. The van der Waals surface area contributed by atoms with E-state index in [0.29, 0.717) is 6.42 Å². The molecule has 0 spiro atoms. The van der Waals surface area contributed by atoms with E-state index in [1.807, 2.05) is 0 Å². The highest BCUT2D eigenvalue weighted by molar-refractivity contribution is 5.83. The number of carbonyl (C=O) groups excluding carboxylic acids is 1. The van der Waals surface area contributed by atoms with Crippen LogP contribution in [0.1, 0.15) is 39.0 Å². The summed E-state index contributed by atoms with van der Waals surface area (Å²) in [5.41, 5.74) is 10.3. The third kappa shape index (κ3) is 3.04. The predicted molar refractivity (Wildman–Crippen MR) is 72.8 cm³/mol. The Labute approximate surface area is 110 Å². The van der Waals surface area contributed by atoms with Crippen molar-refractivity contribution >= 4 is 5.91 Å². The van der Waals surface area contributed by atoms with Gasteiger partial charge in [-0.05, 0) is 57.4 Å². The summed E-state index contributed by atoms with van der Waals surface area (Å²) >= 11 is 0. The quantitative estimate of drug-likeness (QED) is 0.740. The van der Waals surface area contributed by atoms with Gasteiger partial charge < -0.3 is 16.4 Å². The molecule has 4 heteroatoms. The molecule has 2 aliphatic carbocycles. The number of rotatable bonds is 6. The Morgan fingerprint density at radius 3 is 2.61 bits per heavy atom. The fourth-order valence-electron chi connectivity index (χ4n) is 3.64. The molecule has 1 amide bonds. The van der Waals surface area contributed by atoms with Crippen LogP contribution in [0.3, 0.4) is 0 Å². The van der Waals surface area contributed by atoms with Crippen molar-refractivity contribution in [3.05, 3.63) is 0 Å². The highest BCUT2D eigenvalue weighted by Crippen LogP contribution is 2.48. The number of nitrogens with zero attached hydrogens (tertiary/aromatic N) is 1. The third-order valence-corrected chi connectivity index (χ3v) is 5.01. The summed E-state index contributed by atoms with van der Waals surface area (Å²) in [6.45, 7) is 3.72. The SMILES string of the molecule is CN(CCC(C)(N)C(N)=O)CC1CC2CCC1C2. The summed E-state index contributed by atoms with van der Waals surface area (Å²) in [5.74, 6) is 2.42. The standard InChI is InChI=1S/C14H27N3O/c1-14(16,13(15)18)5-6-17(2)9-12-8-10-3-4-11(12)7-10/h10-12H,3-9,16H2,1-2H3,(H2,15,18). The van der Waals surface area contributed by atoms with Crippen LogP contribution >= 0.6 is 0 Å². The second-order valence-corrected chi connectivity index (χ2v) is 6.73. The maximum atomic E-state index is 11.2. The average Bonchev–Trinajstić information content (AvgIpc) is 2.88. The molecule has 18 heavy (non-hydrogen) atoms. The van der Waals surface area contributed by atoms with Crippen LogP contribution < -0.4 is 11.5 Å². The fourth-order valence-corrected chi connectivity index (χ4v) is 3.64. The first-order valence-electron chi connectivity index (χ1n) is 7.16. The van der Waals surface area contributed by atoms with Crippen LogP contribution in [0.5, 0.6) is 0 Å². The first-order valence-corrected chi connectivity index (χ1v) is 7.16. The molecule has 4 nitrogen and oxygen atoms in total. The summed E-state index contributed by atoms with van der Waals surface area (Å²) in [4.78, 5) is 13.5. The van der Waals surface area contributed by atoms with Gasteiger partial charge in [-0.25, -0.2) is 0 Å². The molecule has 2 rings (SSSR count). The molecule has 0 aromatic heterocycles. The molecular weight excluding hydrogens is 226 g/mol. The van der Waals surface area contributed by atoms with Crippen LogP contribution in [0, 0.1) is 17.8 Å². The summed E-state index contributed by atoms with van der Waals surface area (Å²) in [6, 6.07) is 0. The Morgan fingerprint density at radius 2 is 2.11 bits per heavy atom. The molecule has 2 bridgehead atoms. The van der Waals surface area contributed by atoms with E-state index >= 15 is 0 Å². The molecule has 0 heterocycles. The Morgan fingerprint density at radius 1 is 1.39 bits per heavy atom. The molecule has 0 aliphatic heterocycles. The smallest absolute Gasteiger partial charge is 0.237 e. The molecule has 2 aliphatic rings. The highest BCUT2D eigenvalue weighted by atomic mass is 16.1. The molecule has 0 aromatic carbocycles. The van der Waals surface area contributed by atoms with E-state index in [0.717, 1.165) is 30.8 Å². The number of primary amides is 1. The lowest BCUT2D eigenvalue weighted by Crippen LogP contribution is -2.51. The van der Waals surface area contributed by atoms with E-state index in [9.17, 15) is 4.79 Å². The van der Waals surface area contributed by atoms with E-state index in [1.165, 1.54) is 25.7 Å². The molecular formula is C14H27N3O. The maximum Gasteiger partial charge on any atom is 0.237 e. The van der Waals surface area contributed by atoms with Crippen molar-refractivity contribution in [2.24, 2.45) is 29.2 Å². The van der Waals surface area contributed by atoms with Crippen molar-refractivity contribution < 1.29 is 4.79 Å². The molecule has 4 atom stereocenters. The lowest BCUT2D eigenvalue weighted by Gasteiger charge is -2.29. The largest absolute Gasteiger partial charge is 0.368 e. The van der Waals surface area contributed by atoms with Gasteiger partial charge >= 0.3 is 0 Å². The molecule has 2 fully saturated rings. The van der Waals surface area contributed by atoms with Crippen LogP contribution in [-0.4, -0.2) is 36.5 Å². The Balaban J connectivity index is 1.72. The lowest BCUT2D eigenvalue weighted by atomic mass is 9.88. The van der Waals surface area contributed by atoms with Crippen molar-refractivity contribution in [1.82, 2.24) is 4.90 Å².